The lowest BCUT2D eigenvalue weighted by molar-refractivity contribution is 0.102. The summed E-state index contributed by atoms with van der Waals surface area (Å²) in [5.41, 5.74) is 7.58. The molecule has 0 aromatic heterocycles. The Morgan fingerprint density at radius 1 is 1.26 bits per heavy atom. The van der Waals surface area contributed by atoms with Gasteiger partial charge in [-0.15, -0.1) is 0 Å². The van der Waals surface area contributed by atoms with Gasteiger partial charge in [0.25, 0.3) is 5.91 Å². The zero-order valence-electron chi connectivity index (χ0n) is 10.2. The van der Waals surface area contributed by atoms with Crippen LogP contribution in [0.4, 0.5) is 15.8 Å². The van der Waals surface area contributed by atoms with E-state index in [2.05, 4.69) is 21.2 Å². The van der Waals surface area contributed by atoms with Crippen molar-refractivity contribution in [3.05, 3.63) is 57.8 Å². The molecule has 0 unspecified atom stereocenters. The first-order valence-corrected chi connectivity index (χ1v) is 6.39. The van der Waals surface area contributed by atoms with Gasteiger partial charge in [-0.1, -0.05) is 11.6 Å². The highest BCUT2D eigenvalue weighted by atomic mass is 79.9. The van der Waals surface area contributed by atoms with Crippen LogP contribution in [0.15, 0.2) is 40.9 Å². The Balaban J connectivity index is 2.25. The number of rotatable bonds is 2. The quantitative estimate of drug-likeness (QED) is 0.828. The molecule has 5 heteroatoms. The predicted molar refractivity (Wildman–Crippen MR) is 77.6 cm³/mol. The topological polar surface area (TPSA) is 55.1 Å². The van der Waals surface area contributed by atoms with E-state index in [1.54, 1.807) is 31.2 Å². The number of anilines is 2. The number of hydrogen-bond acceptors (Lipinski definition) is 2. The molecule has 1 amide bonds. The molecule has 2 aromatic rings. The summed E-state index contributed by atoms with van der Waals surface area (Å²) in [7, 11) is 0. The van der Waals surface area contributed by atoms with Crippen LogP contribution in [0.1, 0.15) is 15.9 Å². The lowest BCUT2D eigenvalue weighted by atomic mass is 10.1. The van der Waals surface area contributed by atoms with Gasteiger partial charge in [-0.05, 0) is 53.2 Å². The zero-order valence-corrected chi connectivity index (χ0v) is 11.8. The summed E-state index contributed by atoms with van der Waals surface area (Å²) in [6, 6.07) is 9.41. The Bertz CT molecular complexity index is 643. The van der Waals surface area contributed by atoms with Crippen molar-refractivity contribution in [2.75, 3.05) is 11.1 Å². The molecule has 0 bridgehead atoms. The molecule has 19 heavy (non-hydrogen) atoms. The summed E-state index contributed by atoms with van der Waals surface area (Å²) < 4.78 is 14.3. The van der Waals surface area contributed by atoms with Crippen molar-refractivity contribution < 1.29 is 9.18 Å². The third-order valence-corrected chi connectivity index (χ3v) is 3.34. The van der Waals surface area contributed by atoms with E-state index in [0.29, 0.717) is 11.4 Å². The molecule has 0 heterocycles. The first-order chi connectivity index (χ1) is 8.97. The normalized spacial score (nSPS) is 10.3. The van der Waals surface area contributed by atoms with Crippen molar-refractivity contribution in [3.63, 3.8) is 0 Å². The molecule has 0 aliphatic carbocycles. The minimum atomic E-state index is -0.548. The molecular formula is C14H12BrFN2O. The highest BCUT2D eigenvalue weighted by molar-refractivity contribution is 9.10. The Hall–Kier alpha value is -1.88. The van der Waals surface area contributed by atoms with Crippen LogP contribution < -0.4 is 11.1 Å². The predicted octanol–water partition coefficient (Wildman–Crippen LogP) is 3.73. The van der Waals surface area contributed by atoms with Gasteiger partial charge >= 0.3 is 0 Å². The Labute approximate surface area is 118 Å². The maximum Gasteiger partial charge on any atom is 0.258 e. The van der Waals surface area contributed by atoms with Gasteiger partial charge in [0.15, 0.2) is 0 Å². The lowest BCUT2D eigenvalue weighted by Crippen LogP contribution is -2.14. The van der Waals surface area contributed by atoms with Crippen LogP contribution in [-0.2, 0) is 0 Å². The van der Waals surface area contributed by atoms with E-state index >= 15 is 0 Å². The number of aryl methyl sites for hydroxylation is 1. The van der Waals surface area contributed by atoms with Gasteiger partial charge < -0.3 is 11.1 Å². The van der Waals surface area contributed by atoms with Gasteiger partial charge in [0, 0.05) is 15.8 Å². The van der Waals surface area contributed by atoms with Gasteiger partial charge in [-0.3, -0.25) is 4.79 Å². The van der Waals surface area contributed by atoms with Crippen molar-refractivity contribution in [1.82, 2.24) is 0 Å². The number of amides is 1. The van der Waals surface area contributed by atoms with Gasteiger partial charge in [0.05, 0.1) is 5.56 Å². The molecule has 98 valence electrons. The van der Waals surface area contributed by atoms with Crippen LogP contribution in [0.5, 0.6) is 0 Å². The molecule has 0 saturated carbocycles. The first kappa shape index (κ1) is 13.5. The van der Waals surface area contributed by atoms with Crippen LogP contribution in [0, 0.1) is 12.7 Å². The number of halogens is 2. The minimum Gasteiger partial charge on any atom is -0.398 e. The molecule has 0 fully saturated rings. The summed E-state index contributed by atoms with van der Waals surface area (Å²) in [5, 5.41) is 2.61. The van der Waals surface area contributed by atoms with E-state index < -0.39 is 11.7 Å². The van der Waals surface area contributed by atoms with Gasteiger partial charge in [0.1, 0.15) is 5.82 Å². The van der Waals surface area contributed by atoms with E-state index in [9.17, 15) is 9.18 Å². The van der Waals surface area contributed by atoms with Crippen molar-refractivity contribution >= 4 is 33.2 Å². The number of benzene rings is 2. The van der Waals surface area contributed by atoms with Crippen molar-refractivity contribution in [3.8, 4) is 0 Å². The van der Waals surface area contributed by atoms with Gasteiger partial charge in [0.2, 0.25) is 0 Å². The lowest BCUT2D eigenvalue weighted by Gasteiger charge is -2.08. The fourth-order valence-corrected chi connectivity index (χ4v) is 1.88. The second kappa shape index (κ2) is 5.40. The van der Waals surface area contributed by atoms with Crippen LogP contribution in [0.2, 0.25) is 0 Å². The van der Waals surface area contributed by atoms with Crippen LogP contribution in [0.3, 0.4) is 0 Å². The number of hydrogen-bond donors (Lipinski definition) is 2. The van der Waals surface area contributed by atoms with E-state index in [0.717, 1.165) is 10.0 Å². The molecule has 0 spiro atoms. The Morgan fingerprint density at radius 2 is 2.00 bits per heavy atom. The second-order valence-corrected chi connectivity index (χ2v) is 5.03. The van der Waals surface area contributed by atoms with Crippen LogP contribution in [0.25, 0.3) is 0 Å². The number of nitrogen functional groups attached to an aromatic ring is 1. The van der Waals surface area contributed by atoms with Crippen molar-refractivity contribution in [1.29, 1.82) is 0 Å². The third-order valence-electron chi connectivity index (χ3n) is 2.62. The maximum atomic E-state index is 13.6. The molecule has 0 saturated heterocycles. The fraction of sp³-hybridized carbons (Fsp3) is 0.0714. The summed E-state index contributed by atoms with van der Waals surface area (Å²) >= 11 is 3.26. The number of nitrogens with one attached hydrogen (secondary N) is 1. The molecule has 3 nitrogen and oxygen atoms in total. The van der Waals surface area contributed by atoms with E-state index in [1.807, 2.05) is 0 Å². The minimum absolute atomic E-state index is 0.0153. The fourth-order valence-electron chi connectivity index (χ4n) is 1.63. The van der Waals surface area contributed by atoms with E-state index in [-0.39, 0.29) is 5.56 Å². The molecule has 2 aromatic carbocycles. The smallest absolute Gasteiger partial charge is 0.258 e. The summed E-state index contributed by atoms with van der Waals surface area (Å²) in [6.45, 7) is 1.80. The van der Waals surface area contributed by atoms with Crippen LogP contribution in [-0.4, -0.2) is 5.91 Å². The summed E-state index contributed by atoms with van der Waals surface area (Å²) in [5.74, 6) is -1.05. The monoisotopic (exact) mass is 322 g/mol. The Kier molecular flexibility index (Phi) is 3.85. The van der Waals surface area contributed by atoms with E-state index in [4.69, 9.17) is 5.73 Å². The number of nitrogens with two attached hydrogens (primary N) is 1. The second-order valence-electron chi connectivity index (χ2n) is 4.17. The van der Waals surface area contributed by atoms with Gasteiger partial charge in [-0.25, -0.2) is 4.39 Å². The molecule has 0 atom stereocenters. The zero-order chi connectivity index (χ0) is 14.0. The highest BCUT2D eigenvalue weighted by Crippen LogP contribution is 2.23. The summed E-state index contributed by atoms with van der Waals surface area (Å²) in [6.07, 6.45) is 0. The highest BCUT2D eigenvalue weighted by Gasteiger charge is 2.12. The SMILES string of the molecule is Cc1ccc(F)c(C(=O)Nc2ccc(Br)c(N)c2)c1. The molecule has 0 radical (unpaired) electrons. The maximum absolute atomic E-state index is 13.6. The molecule has 0 aliphatic rings. The number of carbonyl (C=O) groups is 1. The molecule has 0 aliphatic heterocycles. The van der Waals surface area contributed by atoms with Crippen molar-refractivity contribution in [2.24, 2.45) is 0 Å². The average Bonchev–Trinajstić information content (AvgIpc) is 2.36. The third kappa shape index (κ3) is 3.12. The number of carbonyl (C=O) groups excluding carboxylic acids is 1. The molecule has 3 N–H and O–H groups in total. The Morgan fingerprint density at radius 3 is 2.68 bits per heavy atom. The first-order valence-electron chi connectivity index (χ1n) is 5.60. The van der Waals surface area contributed by atoms with Gasteiger partial charge in [-0.2, -0.15) is 0 Å². The average molecular weight is 323 g/mol. The molecule has 2 rings (SSSR count). The molecular weight excluding hydrogens is 311 g/mol. The largest absolute Gasteiger partial charge is 0.398 e. The van der Waals surface area contributed by atoms with Crippen molar-refractivity contribution in [2.45, 2.75) is 6.92 Å². The van der Waals surface area contributed by atoms with Crippen LogP contribution >= 0.6 is 15.9 Å². The summed E-state index contributed by atoms with van der Waals surface area (Å²) in [4.78, 5) is 12.0. The standard InChI is InChI=1S/C14H12BrFN2O/c1-8-2-5-12(16)10(6-8)14(19)18-9-3-4-11(15)13(17)7-9/h2-7H,17H2,1H3,(H,18,19). The van der Waals surface area contributed by atoms with E-state index in [1.165, 1.54) is 12.1 Å².